The summed E-state index contributed by atoms with van der Waals surface area (Å²) >= 11 is 1.30. The second-order valence-corrected chi connectivity index (χ2v) is 8.59. The maximum Gasteiger partial charge on any atom is 0.290 e. The Hall–Kier alpha value is -4.57. The number of nitrogens with one attached hydrogen (secondary N) is 1. The molecule has 0 bridgehead atoms. The van der Waals surface area contributed by atoms with Crippen LogP contribution in [0.15, 0.2) is 54.6 Å². The molecule has 4 aromatic heterocycles. The van der Waals surface area contributed by atoms with E-state index in [0.29, 0.717) is 15.9 Å². The van der Waals surface area contributed by atoms with E-state index in [0.717, 1.165) is 15.7 Å². The van der Waals surface area contributed by atoms with Crippen LogP contribution in [-0.4, -0.2) is 40.6 Å². The van der Waals surface area contributed by atoms with Gasteiger partial charge < -0.3 is 5.32 Å². The number of pyridine rings is 1. The molecule has 36 heavy (non-hydrogen) atoms. The highest BCUT2D eigenvalue weighted by Crippen LogP contribution is 2.38. The topological polar surface area (TPSA) is 127 Å². The van der Waals surface area contributed by atoms with Crippen molar-refractivity contribution >= 4 is 33.1 Å². The molecule has 0 fully saturated rings. The van der Waals surface area contributed by atoms with Crippen molar-refractivity contribution in [2.75, 3.05) is 5.32 Å². The summed E-state index contributed by atoms with van der Waals surface area (Å²) in [7, 11) is 0. The summed E-state index contributed by atoms with van der Waals surface area (Å²) in [6, 6.07) is 8.48. The maximum absolute atomic E-state index is 15.4. The number of carbonyl (C=O) groups is 1. The lowest BCUT2D eigenvalue weighted by molar-refractivity contribution is -0.0213. The minimum absolute atomic E-state index is 0.0908. The number of hydrogen-bond donors (Lipinski definition) is 1. The van der Waals surface area contributed by atoms with Crippen LogP contribution in [0.1, 0.15) is 41.4 Å². The Morgan fingerprint density at radius 2 is 2.00 bits per heavy atom. The Morgan fingerprint density at radius 3 is 2.75 bits per heavy atom. The van der Waals surface area contributed by atoms with E-state index >= 15 is 8.78 Å². The number of hydrogen-bond acceptors (Lipinski definition) is 8. The summed E-state index contributed by atoms with van der Waals surface area (Å²) in [5, 5.41) is 24.1. The molecular formula is C23H17F2N9OS. The lowest BCUT2D eigenvalue weighted by Crippen LogP contribution is -2.24. The number of rotatable bonds is 7. The predicted molar refractivity (Wildman–Crippen MR) is 127 cm³/mol. The number of halogens is 2. The number of aromatic nitrogens is 7. The van der Waals surface area contributed by atoms with Gasteiger partial charge in [0.1, 0.15) is 17.3 Å². The number of alkyl halides is 2. The molecule has 10 nitrogen and oxygen atoms in total. The van der Waals surface area contributed by atoms with E-state index in [1.165, 1.54) is 36.0 Å². The standard InChI is InChI=1S/C23H17F2N9OS/c1-2-6-23(24,25)20-16(12-31-33(20)18-5-3-4-17-19(18)36-13-28-17)22(35)32-15-9-14(10-26)21(27-11-15)34-29-7-8-30-34/h3-5,7-9,11-13H,2,6H2,1H3,(H,32,35). The molecule has 180 valence electrons. The van der Waals surface area contributed by atoms with Crippen molar-refractivity contribution in [1.29, 1.82) is 5.26 Å². The molecule has 1 aromatic carbocycles. The number of fused-ring (bicyclic) bond motifs is 1. The normalized spacial score (nSPS) is 11.5. The Kier molecular flexibility index (Phi) is 5.95. The first-order chi connectivity index (χ1) is 17.4. The van der Waals surface area contributed by atoms with Crippen LogP contribution in [-0.2, 0) is 5.92 Å². The van der Waals surface area contributed by atoms with Gasteiger partial charge in [0.2, 0.25) is 0 Å². The van der Waals surface area contributed by atoms with Gasteiger partial charge in [0.25, 0.3) is 11.8 Å². The first-order valence-electron chi connectivity index (χ1n) is 10.8. The average Bonchev–Trinajstić information content (AvgIpc) is 3.64. The molecular weight excluding hydrogens is 488 g/mol. The number of amides is 1. The number of carbonyl (C=O) groups excluding carboxylic acids is 1. The lowest BCUT2D eigenvalue weighted by atomic mass is 10.1. The number of nitriles is 1. The number of benzene rings is 1. The summed E-state index contributed by atoms with van der Waals surface area (Å²) in [5.74, 6) is -3.98. The van der Waals surface area contributed by atoms with Crippen molar-refractivity contribution in [2.45, 2.75) is 25.7 Å². The largest absolute Gasteiger partial charge is 0.320 e. The van der Waals surface area contributed by atoms with Crippen molar-refractivity contribution in [2.24, 2.45) is 0 Å². The van der Waals surface area contributed by atoms with E-state index in [-0.39, 0.29) is 29.1 Å². The van der Waals surface area contributed by atoms with Gasteiger partial charge in [0.05, 0.1) is 57.5 Å². The Labute approximate surface area is 206 Å². The summed E-state index contributed by atoms with van der Waals surface area (Å²) in [4.78, 5) is 22.8. The van der Waals surface area contributed by atoms with Crippen molar-refractivity contribution < 1.29 is 13.6 Å². The third kappa shape index (κ3) is 4.07. The monoisotopic (exact) mass is 505 g/mol. The molecule has 0 radical (unpaired) electrons. The molecule has 1 N–H and O–H groups in total. The van der Waals surface area contributed by atoms with E-state index in [4.69, 9.17) is 0 Å². The quantitative estimate of drug-likeness (QED) is 0.346. The molecule has 0 aliphatic heterocycles. The predicted octanol–water partition coefficient (Wildman–Crippen LogP) is 4.47. The van der Waals surface area contributed by atoms with E-state index in [1.807, 2.05) is 6.07 Å². The van der Waals surface area contributed by atoms with E-state index in [1.54, 1.807) is 30.6 Å². The van der Waals surface area contributed by atoms with Gasteiger partial charge >= 0.3 is 0 Å². The van der Waals surface area contributed by atoms with Crippen LogP contribution in [0, 0.1) is 11.3 Å². The molecule has 1 amide bonds. The van der Waals surface area contributed by atoms with Crippen LogP contribution in [0.2, 0.25) is 0 Å². The number of nitrogens with zero attached hydrogens (tertiary/aromatic N) is 8. The molecule has 0 saturated heterocycles. The zero-order valence-corrected chi connectivity index (χ0v) is 19.6. The highest BCUT2D eigenvalue weighted by Gasteiger charge is 2.40. The van der Waals surface area contributed by atoms with Crippen molar-refractivity contribution in [3.63, 3.8) is 0 Å². The second kappa shape index (κ2) is 9.23. The smallest absolute Gasteiger partial charge is 0.290 e. The zero-order valence-electron chi connectivity index (χ0n) is 18.8. The van der Waals surface area contributed by atoms with Gasteiger partial charge in [-0.1, -0.05) is 19.4 Å². The average molecular weight is 506 g/mol. The van der Waals surface area contributed by atoms with Crippen LogP contribution < -0.4 is 5.32 Å². The Balaban J connectivity index is 1.55. The first-order valence-corrected chi connectivity index (χ1v) is 11.7. The SMILES string of the molecule is CCCC(F)(F)c1c(C(=O)Nc2cnc(-n3nccn3)c(C#N)c2)cnn1-c1cccc2ncsc12. The van der Waals surface area contributed by atoms with Crippen LogP contribution >= 0.6 is 11.3 Å². The molecule has 0 saturated carbocycles. The minimum Gasteiger partial charge on any atom is -0.320 e. The molecule has 0 atom stereocenters. The fourth-order valence-corrected chi connectivity index (χ4v) is 4.60. The molecule has 0 aliphatic carbocycles. The summed E-state index contributed by atoms with van der Waals surface area (Å²) in [5.41, 5.74) is 2.11. The Morgan fingerprint density at radius 1 is 1.19 bits per heavy atom. The third-order valence-corrected chi connectivity index (χ3v) is 6.21. The van der Waals surface area contributed by atoms with Gasteiger partial charge in [-0.25, -0.2) is 14.6 Å². The fraction of sp³-hybridized carbons (Fsp3) is 0.174. The van der Waals surface area contributed by atoms with Gasteiger partial charge in [0.15, 0.2) is 5.82 Å². The zero-order chi connectivity index (χ0) is 25.3. The minimum atomic E-state index is -3.34. The van der Waals surface area contributed by atoms with Crippen LogP contribution in [0.4, 0.5) is 14.5 Å². The van der Waals surface area contributed by atoms with Crippen molar-refractivity contribution in [1.82, 2.24) is 34.7 Å². The van der Waals surface area contributed by atoms with Gasteiger partial charge in [-0.15, -0.1) is 16.1 Å². The molecule has 5 rings (SSSR count). The molecule has 4 heterocycles. The van der Waals surface area contributed by atoms with Crippen molar-refractivity contribution in [3.05, 3.63) is 71.4 Å². The fourth-order valence-electron chi connectivity index (χ4n) is 3.81. The second-order valence-electron chi connectivity index (χ2n) is 7.73. The van der Waals surface area contributed by atoms with E-state index in [9.17, 15) is 10.1 Å². The molecule has 0 spiro atoms. The molecule has 0 aliphatic rings. The number of thiazole rings is 1. The highest BCUT2D eigenvalue weighted by molar-refractivity contribution is 7.17. The first kappa shape index (κ1) is 23.2. The third-order valence-electron chi connectivity index (χ3n) is 5.34. The van der Waals surface area contributed by atoms with Gasteiger partial charge in [-0.3, -0.25) is 4.79 Å². The van der Waals surface area contributed by atoms with Crippen LogP contribution in [0.3, 0.4) is 0 Å². The van der Waals surface area contributed by atoms with Crippen molar-refractivity contribution in [3.8, 4) is 17.6 Å². The number of anilines is 1. The lowest BCUT2D eigenvalue weighted by Gasteiger charge is -2.19. The molecule has 0 unspecified atom stereocenters. The van der Waals surface area contributed by atoms with Crippen LogP contribution in [0.25, 0.3) is 21.7 Å². The van der Waals surface area contributed by atoms with Crippen LogP contribution in [0.5, 0.6) is 0 Å². The van der Waals surface area contributed by atoms with Gasteiger partial charge in [-0.2, -0.15) is 29.3 Å². The molecule has 5 aromatic rings. The molecule has 13 heteroatoms. The highest BCUT2D eigenvalue weighted by atomic mass is 32.1. The van der Waals surface area contributed by atoms with Gasteiger partial charge in [0, 0.05) is 6.42 Å². The van der Waals surface area contributed by atoms with E-state index < -0.39 is 23.9 Å². The van der Waals surface area contributed by atoms with E-state index in [2.05, 4.69) is 30.6 Å². The summed E-state index contributed by atoms with van der Waals surface area (Å²) in [6.45, 7) is 1.64. The summed E-state index contributed by atoms with van der Waals surface area (Å²) < 4.78 is 32.6. The van der Waals surface area contributed by atoms with Gasteiger partial charge in [-0.05, 0) is 18.2 Å². The Bertz CT molecular complexity index is 1600. The maximum atomic E-state index is 15.4. The summed E-state index contributed by atoms with van der Waals surface area (Å²) in [6.07, 6.45) is 5.01.